The number of benzene rings is 1. The number of rotatable bonds is 2. The number of aryl methyl sites for hydroxylation is 1. The van der Waals surface area contributed by atoms with Crippen molar-refractivity contribution >= 4 is 44.5 Å². The van der Waals surface area contributed by atoms with Crippen LogP contribution in [0.4, 0.5) is 11.4 Å². The van der Waals surface area contributed by atoms with Crippen molar-refractivity contribution < 1.29 is 4.79 Å². The van der Waals surface area contributed by atoms with Gasteiger partial charge in [0.15, 0.2) is 0 Å². The molecular weight excluding hydrogens is 300 g/mol. The third kappa shape index (κ3) is 2.68. The molecule has 0 aliphatic carbocycles. The second-order valence-electron chi connectivity index (χ2n) is 3.64. The fourth-order valence-electron chi connectivity index (χ4n) is 1.43. The first kappa shape index (κ1) is 12.1. The summed E-state index contributed by atoms with van der Waals surface area (Å²) in [7, 11) is 0. The van der Waals surface area contributed by atoms with Crippen LogP contribution in [0.3, 0.4) is 0 Å². The Morgan fingerprint density at radius 2 is 2.18 bits per heavy atom. The molecule has 3 N–H and O–H groups in total. The maximum atomic E-state index is 11.9. The summed E-state index contributed by atoms with van der Waals surface area (Å²) in [6.45, 7) is 1.96. The Kier molecular flexibility index (Phi) is 3.49. The van der Waals surface area contributed by atoms with E-state index in [9.17, 15) is 4.79 Å². The van der Waals surface area contributed by atoms with E-state index in [0.717, 1.165) is 10.0 Å². The van der Waals surface area contributed by atoms with Gasteiger partial charge in [0.1, 0.15) is 4.88 Å². The molecule has 0 saturated carbocycles. The van der Waals surface area contributed by atoms with Gasteiger partial charge in [-0.05, 0) is 52.0 Å². The van der Waals surface area contributed by atoms with Crippen LogP contribution in [0.1, 0.15) is 15.2 Å². The third-order valence-corrected chi connectivity index (χ3v) is 4.12. The predicted octanol–water partition coefficient (Wildman–Crippen LogP) is 3.65. The standard InChI is InChI=1S/C12H11BrN2OS/c1-7-2-3-10(9(14)6-7)15-12(16)11-8(13)4-5-17-11/h2-6H,14H2,1H3,(H,15,16). The molecule has 1 aromatic heterocycles. The van der Waals surface area contributed by atoms with Gasteiger partial charge in [-0.3, -0.25) is 4.79 Å². The Hall–Kier alpha value is -1.33. The van der Waals surface area contributed by atoms with E-state index in [0.29, 0.717) is 16.3 Å². The van der Waals surface area contributed by atoms with Crippen LogP contribution < -0.4 is 11.1 Å². The Bertz CT molecular complexity index is 565. The van der Waals surface area contributed by atoms with Gasteiger partial charge in [-0.1, -0.05) is 6.07 Å². The van der Waals surface area contributed by atoms with Crippen molar-refractivity contribution in [2.45, 2.75) is 6.92 Å². The van der Waals surface area contributed by atoms with Gasteiger partial charge in [-0.25, -0.2) is 0 Å². The lowest BCUT2D eigenvalue weighted by atomic mass is 10.2. The number of carbonyl (C=O) groups excluding carboxylic acids is 1. The van der Waals surface area contributed by atoms with E-state index in [1.165, 1.54) is 11.3 Å². The number of hydrogen-bond donors (Lipinski definition) is 2. The zero-order chi connectivity index (χ0) is 12.4. The number of halogens is 1. The number of hydrogen-bond acceptors (Lipinski definition) is 3. The fourth-order valence-corrected chi connectivity index (χ4v) is 2.88. The minimum atomic E-state index is -0.151. The molecule has 0 spiro atoms. The second-order valence-corrected chi connectivity index (χ2v) is 5.41. The molecule has 17 heavy (non-hydrogen) atoms. The summed E-state index contributed by atoms with van der Waals surface area (Å²) in [6.07, 6.45) is 0. The molecule has 0 saturated heterocycles. The van der Waals surface area contributed by atoms with Crippen LogP contribution in [0, 0.1) is 6.92 Å². The SMILES string of the molecule is Cc1ccc(NC(=O)c2sccc2Br)c(N)c1. The molecule has 0 fully saturated rings. The molecule has 2 aromatic rings. The van der Waals surface area contributed by atoms with Crippen LogP contribution in [0.5, 0.6) is 0 Å². The Morgan fingerprint density at radius 3 is 2.76 bits per heavy atom. The van der Waals surface area contributed by atoms with E-state index in [1.807, 2.05) is 36.6 Å². The van der Waals surface area contributed by atoms with E-state index in [4.69, 9.17) is 5.73 Å². The normalized spacial score (nSPS) is 10.2. The molecular formula is C12H11BrN2OS. The molecule has 1 heterocycles. The average molecular weight is 311 g/mol. The van der Waals surface area contributed by atoms with Crippen molar-refractivity contribution in [2.24, 2.45) is 0 Å². The lowest BCUT2D eigenvalue weighted by molar-refractivity contribution is 0.103. The Labute approximate surface area is 112 Å². The smallest absolute Gasteiger partial charge is 0.266 e. The van der Waals surface area contributed by atoms with Gasteiger partial charge in [0.25, 0.3) is 5.91 Å². The molecule has 0 unspecified atom stereocenters. The summed E-state index contributed by atoms with van der Waals surface area (Å²) >= 11 is 4.71. The molecule has 0 atom stereocenters. The molecule has 5 heteroatoms. The number of anilines is 2. The minimum absolute atomic E-state index is 0.151. The molecule has 2 rings (SSSR count). The molecule has 1 aromatic carbocycles. The highest BCUT2D eigenvalue weighted by Crippen LogP contribution is 2.25. The van der Waals surface area contributed by atoms with Crippen molar-refractivity contribution in [3.8, 4) is 0 Å². The van der Waals surface area contributed by atoms with Gasteiger partial charge in [0.05, 0.1) is 11.4 Å². The second kappa shape index (κ2) is 4.89. The molecule has 3 nitrogen and oxygen atoms in total. The first-order valence-electron chi connectivity index (χ1n) is 4.98. The lowest BCUT2D eigenvalue weighted by Crippen LogP contribution is -2.12. The molecule has 0 aliphatic rings. The largest absolute Gasteiger partial charge is 0.397 e. The number of nitrogens with two attached hydrogens (primary N) is 1. The first-order chi connectivity index (χ1) is 8.08. The summed E-state index contributed by atoms with van der Waals surface area (Å²) in [6, 6.07) is 7.40. The van der Waals surface area contributed by atoms with Gasteiger partial charge in [0, 0.05) is 4.47 Å². The maximum absolute atomic E-state index is 11.9. The summed E-state index contributed by atoms with van der Waals surface area (Å²) in [4.78, 5) is 12.6. The highest BCUT2D eigenvalue weighted by atomic mass is 79.9. The van der Waals surface area contributed by atoms with Gasteiger partial charge < -0.3 is 11.1 Å². The number of nitrogen functional groups attached to an aromatic ring is 1. The monoisotopic (exact) mass is 310 g/mol. The van der Waals surface area contributed by atoms with Crippen LogP contribution in [0.2, 0.25) is 0 Å². The zero-order valence-corrected chi connectivity index (χ0v) is 11.6. The van der Waals surface area contributed by atoms with Gasteiger partial charge in [-0.15, -0.1) is 11.3 Å². The van der Waals surface area contributed by atoms with Crippen LogP contribution in [-0.4, -0.2) is 5.91 Å². The molecule has 1 amide bonds. The van der Waals surface area contributed by atoms with Gasteiger partial charge in [-0.2, -0.15) is 0 Å². The van der Waals surface area contributed by atoms with E-state index in [1.54, 1.807) is 0 Å². The van der Waals surface area contributed by atoms with E-state index >= 15 is 0 Å². The van der Waals surface area contributed by atoms with Crippen molar-refractivity contribution in [1.29, 1.82) is 0 Å². The van der Waals surface area contributed by atoms with E-state index in [2.05, 4.69) is 21.2 Å². The molecule has 88 valence electrons. The Morgan fingerprint density at radius 1 is 1.41 bits per heavy atom. The quantitative estimate of drug-likeness (QED) is 0.832. The number of carbonyl (C=O) groups is 1. The average Bonchev–Trinajstić information content (AvgIpc) is 2.68. The lowest BCUT2D eigenvalue weighted by Gasteiger charge is -2.08. The van der Waals surface area contributed by atoms with Gasteiger partial charge in [0.2, 0.25) is 0 Å². The highest BCUT2D eigenvalue weighted by molar-refractivity contribution is 9.10. The summed E-state index contributed by atoms with van der Waals surface area (Å²) in [5.74, 6) is -0.151. The van der Waals surface area contributed by atoms with Crippen LogP contribution in [0.25, 0.3) is 0 Å². The van der Waals surface area contributed by atoms with Crippen molar-refractivity contribution in [3.63, 3.8) is 0 Å². The van der Waals surface area contributed by atoms with E-state index in [-0.39, 0.29) is 5.91 Å². The summed E-state index contributed by atoms with van der Waals surface area (Å²) in [5, 5.41) is 4.66. The zero-order valence-electron chi connectivity index (χ0n) is 9.16. The third-order valence-electron chi connectivity index (χ3n) is 2.28. The number of thiophene rings is 1. The van der Waals surface area contributed by atoms with Crippen LogP contribution in [0.15, 0.2) is 34.1 Å². The van der Waals surface area contributed by atoms with Crippen molar-refractivity contribution in [3.05, 3.63) is 44.6 Å². The highest BCUT2D eigenvalue weighted by Gasteiger charge is 2.12. The Balaban J connectivity index is 2.22. The van der Waals surface area contributed by atoms with Crippen LogP contribution >= 0.6 is 27.3 Å². The van der Waals surface area contributed by atoms with Crippen molar-refractivity contribution in [2.75, 3.05) is 11.1 Å². The number of amides is 1. The number of nitrogens with one attached hydrogen (secondary N) is 1. The van der Waals surface area contributed by atoms with Gasteiger partial charge >= 0.3 is 0 Å². The summed E-state index contributed by atoms with van der Waals surface area (Å²) in [5.41, 5.74) is 8.12. The minimum Gasteiger partial charge on any atom is -0.397 e. The predicted molar refractivity (Wildman–Crippen MR) is 75.6 cm³/mol. The van der Waals surface area contributed by atoms with E-state index < -0.39 is 0 Å². The molecule has 0 aliphatic heterocycles. The fraction of sp³-hybridized carbons (Fsp3) is 0.0833. The molecule has 0 radical (unpaired) electrons. The summed E-state index contributed by atoms with van der Waals surface area (Å²) < 4.78 is 0.797. The van der Waals surface area contributed by atoms with Crippen molar-refractivity contribution in [1.82, 2.24) is 0 Å². The first-order valence-corrected chi connectivity index (χ1v) is 6.65. The molecule has 0 bridgehead atoms. The maximum Gasteiger partial charge on any atom is 0.266 e. The van der Waals surface area contributed by atoms with Crippen LogP contribution in [-0.2, 0) is 0 Å². The topological polar surface area (TPSA) is 55.1 Å².